The predicted octanol–water partition coefficient (Wildman–Crippen LogP) is 0.894. The molecule has 7 heteroatoms. The average Bonchev–Trinajstić information content (AvgIpc) is 2.38. The Morgan fingerprint density at radius 2 is 2.10 bits per heavy atom. The zero-order valence-corrected chi connectivity index (χ0v) is 12.3. The molecule has 6 nitrogen and oxygen atoms in total. The van der Waals surface area contributed by atoms with E-state index in [0.717, 1.165) is 6.26 Å². The van der Waals surface area contributed by atoms with Crippen LogP contribution in [0.15, 0.2) is 12.1 Å². The minimum absolute atomic E-state index is 0.0123. The molecule has 1 aromatic heterocycles. The van der Waals surface area contributed by atoms with Gasteiger partial charge >= 0.3 is 5.97 Å². The van der Waals surface area contributed by atoms with Crippen molar-refractivity contribution in [3.8, 4) is 11.8 Å². The first-order valence-electron chi connectivity index (χ1n) is 5.72. The van der Waals surface area contributed by atoms with Crippen molar-refractivity contribution in [2.45, 2.75) is 13.3 Å². The quantitative estimate of drug-likeness (QED) is 0.355. The minimum atomic E-state index is -3.44. The molecule has 20 heavy (non-hydrogen) atoms. The molecule has 0 unspecified atom stereocenters. The Labute approximate surface area is 118 Å². The lowest BCUT2D eigenvalue weighted by molar-refractivity contribution is 0.0593. The van der Waals surface area contributed by atoms with Crippen molar-refractivity contribution in [3.63, 3.8) is 0 Å². The van der Waals surface area contributed by atoms with Gasteiger partial charge in [0.2, 0.25) is 0 Å². The molecule has 0 aliphatic heterocycles. The minimum Gasteiger partial charge on any atom is -0.464 e. The molecule has 1 aromatic rings. The zero-order valence-electron chi connectivity index (χ0n) is 11.5. The van der Waals surface area contributed by atoms with E-state index in [-0.39, 0.29) is 18.7 Å². The van der Waals surface area contributed by atoms with Crippen LogP contribution in [0.1, 0.15) is 28.2 Å². The Bertz CT molecular complexity index is 655. The first kappa shape index (κ1) is 16.1. The Balaban J connectivity index is 2.72. The summed E-state index contributed by atoms with van der Waals surface area (Å²) in [5.41, 5.74) is 1.32. The average molecular weight is 297 g/mol. The van der Waals surface area contributed by atoms with Gasteiger partial charge in [-0.05, 0) is 24.5 Å². The van der Waals surface area contributed by atoms with Crippen molar-refractivity contribution in [1.82, 2.24) is 4.98 Å². The van der Waals surface area contributed by atoms with Crippen molar-refractivity contribution in [3.05, 3.63) is 29.1 Å². The molecule has 0 radical (unpaired) electrons. The molecule has 0 saturated heterocycles. The highest BCUT2D eigenvalue weighted by molar-refractivity contribution is 7.85. The van der Waals surface area contributed by atoms with Gasteiger partial charge in [-0.15, -0.1) is 0 Å². The SMILES string of the molecule is COC(=O)c1nc(C#CCCOS(C)(=O)=O)ccc1C. The van der Waals surface area contributed by atoms with Crippen molar-refractivity contribution in [2.24, 2.45) is 0 Å². The summed E-state index contributed by atoms with van der Waals surface area (Å²) in [4.78, 5) is 15.5. The maximum atomic E-state index is 11.5. The van der Waals surface area contributed by atoms with Gasteiger partial charge in [0.05, 0.1) is 20.0 Å². The lowest BCUT2D eigenvalue weighted by atomic mass is 10.2. The lowest BCUT2D eigenvalue weighted by Crippen LogP contribution is -2.07. The molecule has 1 rings (SSSR count). The van der Waals surface area contributed by atoms with Crippen LogP contribution in [0.4, 0.5) is 0 Å². The van der Waals surface area contributed by atoms with E-state index in [1.807, 2.05) is 0 Å². The van der Waals surface area contributed by atoms with E-state index in [2.05, 4.69) is 25.7 Å². The molecule has 0 spiro atoms. The third-order valence-corrected chi connectivity index (χ3v) is 2.81. The highest BCUT2D eigenvalue weighted by Gasteiger charge is 2.10. The number of nitrogens with zero attached hydrogens (tertiary/aromatic N) is 1. The molecule has 1 heterocycles. The molecule has 0 aliphatic carbocycles. The summed E-state index contributed by atoms with van der Waals surface area (Å²) in [6.45, 7) is 1.73. The van der Waals surface area contributed by atoms with Crippen LogP contribution in [0.25, 0.3) is 0 Å². The van der Waals surface area contributed by atoms with Crippen LogP contribution in [-0.2, 0) is 19.0 Å². The third-order valence-electron chi connectivity index (χ3n) is 2.22. The smallest absolute Gasteiger partial charge is 0.356 e. The summed E-state index contributed by atoms with van der Waals surface area (Å²) in [5.74, 6) is 4.94. The fourth-order valence-electron chi connectivity index (χ4n) is 1.30. The molecule has 0 fully saturated rings. The molecule has 0 bridgehead atoms. The molecular formula is C13H15NO5S. The summed E-state index contributed by atoms with van der Waals surface area (Å²) in [5, 5.41) is 0. The van der Waals surface area contributed by atoms with Crippen molar-refractivity contribution in [1.29, 1.82) is 0 Å². The maximum absolute atomic E-state index is 11.5. The Kier molecular flexibility index (Phi) is 5.67. The van der Waals surface area contributed by atoms with E-state index in [4.69, 9.17) is 0 Å². The number of esters is 1. The van der Waals surface area contributed by atoms with E-state index in [1.165, 1.54) is 7.11 Å². The van der Waals surface area contributed by atoms with Crippen LogP contribution in [0.5, 0.6) is 0 Å². The monoisotopic (exact) mass is 297 g/mol. The van der Waals surface area contributed by atoms with Gasteiger partial charge in [-0.2, -0.15) is 8.42 Å². The molecule has 0 atom stereocenters. The van der Waals surface area contributed by atoms with Crippen LogP contribution in [0.2, 0.25) is 0 Å². The topological polar surface area (TPSA) is 82.6 Å². The molecule has 0 amide bonds. The number of hydrogen-bond acceptors (Lipinski definition) is 6. The summed E-state index contributed by atoms with van der Waals surface area (Å²) in [7, 11) is -2.16. The van der Waals surface area contributed by atoms with Crippen molar-refractivity contribution >= 4 is 16.1 Å². The number of pyridine rings is 1. The first-order valence-corrected chi connectivity index (χ1v) is 7.54. The summed E-state index contributed by atoms with van der Waals surface area (Å²) in [6.07, 6.45) is 1.22. The second-order valence-electron chi connectivity index (χ2n) is 3.93. The van der Waals surface area contributed by atoms with Gasteiger partial charge in [0.15, 0.2) is 5.69 Å². The Morgan fingerprint density at radius 1 is 1.40 bits per heavy atom. The van der Waals surface area contributed by atoms with E-state index >= 15 is 0 Å². The summed E-state index contributed by atoms with van der Waals surface area (Å²) < 4.78 is 30.6. The van der Waals surface area contributed by atoms with E-state index in [0.29, 0.717) is 11.3 Å². The number of ether oxygens (including phenoxy) is 1. The first-order chi connectivity index (χ1) is 9.33. The maximum Gasteiger partial charge on any atom is 0.356 e. The zero-order chi connectivity index (χ0) is 15.2. The molecule has 0 aliphatic rings. The largest absolute Gasteiger partial charge is 0.464 e. The van der Waals surface area contributed by atoms with Gasteiger partial charge in [-0.1, -0.05) is 12.0 Å². The number of carbonyl (C=O) groups excluding carboxylic acids is 1. The molecule has 0 N–H and O–H groups in total. The van der Waals surface area contributed by atoms with Gasteiger partial charge in [0, 0.05) is 6.42 Å². The Morgan fingerprint density at radius 3 is 2.70 bits per heavy atom. The van der Waals surface area contributed by atoms with Crippen LogP contribution in [-0.4, -0.2) is 39.3 Å². The lowest BCUT2D eigenvalue weighted by Gasteiger charge is -2.02. The molecular weight excluding hydrogens is 282 g/mol. The van der Waals surface area contributed by atoms with E-state index in [9.17, 15) is 13.2 Å². The number of rotatable bonds is 4. The number of carbonyl (C=O) groups is 1. The third kappa shape index (κ3) is 5.38. The van der Waals surface area contributed by atoms with Gasteiger partial charge in [0.1, 0.15) is 5.69 Å². The van der Waals surface area contributed by atoms with Crippen LogP contribution >= 0.6 is 0 Å². The van der Waals surface area contributed by atoms with Gasteiger partial charge in [0.25, 0.3) is 10.1 Å². The van der Waals surface area contributed by atoms with Crippen molar-refractivity contribution in [2.75, 3.05) is 20.0 Å². The fourth-order valence-corrected chi connectivity index (χ4v) is 1.68. The fraction of sp³-hybridized carbons (Fsp3) is 0.385. The number of hydrogen-bond donors (Lipinski definition) is 0. The second-order valence-corrected chi connectivity index (χ2v) is 5.58. The van der Waals surface area contributed by atoms with E-state index in [1.54, 1.807) is 19.1 Å². The summed E-state index contributed by atoms with van der Waals surface area (Å²) in [6, 6.07) is 3.39. The Hall–Kier alpha value is -1.91. The predicted molar refractivity (Wildman–Crippen MR) is 72.6 cm³/mol. The van der Waals surface area contributed by atoms with E-state index < -0.39 is 16.1 Å². The number of aromatic nitrogens is 1. The standard InChI is InChI=1S/C13H15NO5S/c1-10-7-8-11(14-12(10)13(15)18-2)6-4-5-9-19-20(3,16)17/h7-8H,5,9H2,1-3H3. The number of aryl methyl sites for hydroxylation is 1. The molecule has 0 saturated carbocycles. The molecule has 108 valence electrons. The van der Waals surface area contributed by atoms with Gasteiger partial charge < -0.3 is 4.74 Å². The van der Waals surface area contributed by atoms with Crippen LogP contribution in [0, 0.1) is 18.8 Å². The highest BCUT2D eigenvalue weighted by Crippen LogP contribution is 2.07. The van der Waals surface area contributed by atoms with Crippen LogP contribution in [0.3, 0.4) is 0 Å². The number of methoxy groups -OCH3 is 1. The molecule has 0 aromatic carbocycles. The van der Waals surface area contributed by atoms with Crippen molar-refractivity contribution < 1.29 is 22.1 Å². The van der Waals surface area contributed by atoms with Gasteiger partial charge in [-0.25, -0.2) is 9.78 Å². The van der Waals surface area contributed by atoms with Gasteiger partial charge in [-0.3, -0.25) is 4.18 Å². The second kappa shape index (κ2) is 7.03. The summed E-state index contributed by atoms with van der Waals surface area (Å²) >= 11 is 0. The normalized spacial score (nSPS) is 10.6. The van der Waals surface area contributed by atoms with Crippen LogP contribution < -0.4 is 0 Å². The highest BCUT2D eigenvalue weighted by atomic mass is 32.2.